The van der Waals surface area contributed by atoms with Crippen molar-refractivity contribution in [3.63, 3.8) is 0 Å². The predicted molar refractivity (Wildman–Crippen MR) is 109 cm³/mol. The summed E-state index contributed by atoms with van der Waals surface area (Å²) in [7, 11) is 1.62. The Balaban J connectivity index is 2.10. The van der Waals surface area contributed by atoms with E-state index in [9.17, 15) is 10.2 Å². The molecular weight excluding hydrogens is 338 g/mol. The van der Waals surface area contributed by atoms with E-state index in [0.717, 1.165) is 39.4 Å². The Labute approximate surface area is 159 Å². The van der Waals surface area contributed by atoms with Crippen molar-refractivity contribution in [2.75, 3.05) is 7.11 Å². The maximum absolute atomic E-state index is 10.5. The van der Waals surface area contributed by atoms with Crippen LogP contribution in [0.3, 0.4) is 0 Å². The number of aryl methyl sites for hydroxylation is 1. The number of phenols is 2. The van der Waals surface area contributed by atoms with Gasteiger partial charge in [-0.1, -0.05) is 18.2 Å². The average Bonchev–Trinajstić information content (AvgIpc) is 2.61. The number of hydrogen-bond acceptors (Lipinski definition) is 4. The third-order valence-corrected chi connectivity index (χ3v) is 5.60. The number of benzene rings is 3. The van der Waals surface area contributed by atoms with E-state index in [2.05, 4.69) is 26.1 Å². The van der Waals surface area contributed by atoms with Crippen LogP contribution in [-0.2, 0) is 6.42 Å². The van der Waals surface area contributed by atoms with Gasteiger partial charge in [-0.05, 0) is 73.0 Å². The molecule has 0 spiro atoms. The SMILES string of the molecule is COc1cc(C)c(-c2ccc(O)c3c2CC(C)NC3C)c2cccc(O)c12. The lowest BCUT2D eigenvalue weighted by Crippen LogP contribution is -2.36. The van der Waals surface area contributed by atoms with Crippen molar-refractivity contribution in [2.24, 2.45) is 0 Å². The molecule has 0 radical (unpaired) electrons. The predicted octanol–water partition coefficient (Wildman–Crippen LogP) is 4.83. The Bertz CT molecular complexity index is 1040. The fourth-order valence-corrected chi connectivity index (χ4v) is 4.54. The summed E-state index contributed by atoms with van der Waals surface area (Å²) in [5.41, 5.74) is 5.41. The van der Waals surface area contributed by atoms with Crippen LogP contribution in [-0.4, -0.2) is 23.4 Å². The van der Waals surface area contributed by atoms with E-state index < -0.39 is 0 Å². The molecule has 0 bridgehead atoms. The minimum atomic E-state index is 0.0851. The molecule has 3 aromatic rings. The van der Waals surface area contributed by atoms with Gasteiger partial charge >= 0.3 is 0 Å². The Morgan fingerprint density at radius 1 is 1.07 bits per heavy atom. The highest BCUT2D eigenvalue weighted by Gasteiger charge is 2.27. The Kier molecular flexibility index (Phi) is 4.23. The lowest BCUT2D eigenvalue weighted by atomic mass is 9.82. The number of ether oxygens (including phenoxy) is 1. The van der Waals surface area contributed by atoms with Gasteiger partial charge in [0.2, 0.25) is 0 Å². The van der Waals surface area contributed by atoms with Crippen molar-refractivity contribution in [2.45, 2.75) is 39.3 Å². The van der Waals surface area contributed by atoms with Crippen LogP contribution in [0.4, 0.5) is 0 Å². The molecule has 0 saturated heterocycles. The quantitative estimate of drug-likeness (QED) is 0.610. The van der Waals surface area contributed by atoms with E-state index in [4.69, 9.17) is 4.74 Å². The molecule has 2 unspecified atom stereocenters. The molecule has 0 amide bonds. The molecule has 0 saturated carbocycles. The minimum absolute atomic E-state index is 0.0851. The lowest BCUT2D eigenvalue weighted by Gasteiger charge is -2.32. The second-order valence-corrected chi connectivity index (χ2v) is 7.49. The molecule has 0 aromatic heterocycles. The number of hydrogen-bond donors (Lipinski definition) is 3. The molecule has 4 heteroatoms. The molecule has 3 aromatic carbocycles. The molecule has 1 aliphatic rings. The summed E-state index contributed by atoms with van der Waals surface area (Å²) in [5, 5.41) is 26.2. The second-order valence-electron chi connectivity index (χ2n) is 7.49. The largest absolute Gasteiger partial charge is 0.508 e. The third kappa shape index (κ3) is 2.72. The van der Waals surface area contributed by atoms with Gasteiger partial charge in [-0.2, -0.15) is 0 Å². The first-order chi connectivity index (χ1) is 12.9. The van der Waals surface area contributed by atoms with Gasteiger partial charge in [0.05, 0.1) is 12.5 Å². The fourth-order valence-electron chi connectivity index (χ4n) is 4.54. The van der Waals surface area contributed by atoms with E-state index in [1.54, 1.807) is 19.2 Å². The summed E-state index contributed by atoms with van der Waals surface area (Å²) in [5.74, 6) is 1.21. The molecule has 3 N–H and O–H groups in total. The number of nitrogens with one attached hydrogen (secondary N) is 1. The van der Waals surface area contributed by atoms with Gasteiger partial charge in [0, 0.05) is 17.6 Å². The third-order valence-electron chi connectivity index (χ3n) is 5.60. The van der Waals surface area contributed by atoms with Crippen molar-refractivity contribution >= 4 is 10.8 Å². The Morgan fingerprint density at radius 3 is 2.59 bits per heavy atom. The van der Waals surface area contributed by atoms with Crippen LogP contribution >= 0.6 is 0 Å². The fraction of sp³-hybridized carbons (Fsp3) is 0.304. The van der Waals surface area contributed by atoms with Crippen LogP contribution in [0.1, 0.15) is 36.6 Å². The van der Waals surface area contributed by atoms with E-state index >= 15 is 0 Å². The first-order valence-corrected chi connectivity index (χ1v) is 9.32. The van der Waals surface area contributed by atoms with Crippen LogP contribution in [0, 0.1) is 6.92 Å². The van der Waals surface area contributed by atoms with Gasteiger partial charge < -0.3 is 20.3 Å². The number of fused-ring (bicyclic) bond motifs is 2. The summed E-state index contributed by atoms with van der Waals surface area (Å²) in [6.45, 7) is 6.31. The van der Waals surface area contributed by atoms with E-state index in [0.29, 0.717) is 17.5 Å². The van der Waals surface area contributed by atoms with Crippen molar-refractivity contribution in [3.8, 4) is 28.4 Å². The van der Waals surface area contributed by atoms with Crippen LogP contribution in [0.25, 0.3) is 21.9 Å². The molecule has 4 nitrogen and oxygen atoms in total. The normalized spacial score (nSPS) is 19.1. The van der Waals surface area contributed by atoms with Crippen molar-refractivity contribution in [1.82, 2.24) is 5.32 Å². The zero-order valence-corrected chi connectivity index (χ0v) is 16.1. The number of rotatable bonds is 2. The maximum Gasteiger partial charge on any atom is 0.130 e. The molecule has 140 valence electrons. The molecule has 0 fully saturated rings. The molecule has 0 aliphatic carbocycles. The van der Waals surface area contributed by atoms with Gasteiger partial charge in [0.25, 0.3) is 0 Å². The molecule has 4 rings (SSSR count). The van der Waals surface area contributed by atoms with Crippen LogP contribution in [0.5, 0.6) is 17.2 Å². The van der Waals surface area contributed by atoms with Gasteiger partial charge in [-0.25, -0.2) is 0 Å². The molecule has 1 heterocycles. The Hall–Kier alpha value is -2.72. The lowest BCUT2D eigenvalue weighted by molar-refractivity contribution is 0.410. The maximum atomic E-state index is 10.5. The summed E-state index contributed by atoms with van der Waals surface area (Å²) in [4.78, 5) is 0. The smallest absolute Gasteiger partial charge is 0.130 e. The highest BCUT2D eigenvalue weighted by Crippen LogP contribution is 2.45. The number of methoxy groups -OCH3 is 1. The topological polar surface area (TPSA) is 61.7 Å². The zero-order chi connectivity index (χ0) is 19.3. The summed E-state index contributed by atoms with van der Waals surface area (Å²) < 4.78 is 5.54. The zero-order valence-electron chi connectivity index (χ0n) is 16.1. The van der Waals surface area contributed by atoms with Crippen molar-refractivity contribution in [1.29, 1.82) is 0 Å². The molecule has 27 heavy (non-hydrogen) atoms. The van der Waals surface area contributed by atoms with Crippen LogP contribution < -0.4 is 10.1 Å². The van der Waals surface area contributed by atoms with E-state index in [1.165, 1.54) is 5.56 Å². The van der Waals surface area contributed by atoms with E-state index in [-0.39, 0.29) is 11.8 Å². The molecule has 2 atom stereocenters. The summed E-state index contributed by atoms with van der Waals surface area (Å²) >= 11 is 0. The summed E-state index contributed by atoms with van der Waals surface area (Å²) in [6.07, 6.45) is 0.842. The van der Waals surface area contributed by atoms with Gasteiger partial charge in [0.1, 0.15) is 17.2 Å². The number of phenolic OH excluding ortho intramolecular Hbond substituents is 2. The first-order valence-electron chi connectivity index (χ1n) is 9.32. The standard InChI is InChI=1S/C23H25NO3/c1-12-10-20(27-4)23-16(6-5-7-18(23)25)21(12)15-8-9-19(26)22-14(3)24-13(2)11-17(15)22/h5-10,13-14,24-26H,11H2,1-4H3. The molecular formula is C23H25NO3. The van der Waals surface area contributed by atoms with Crippen molar-refractivity contribution in [3.05, 3.63) is 53.1 Å². The van der Waals surface area contributed by atoms with Crippen LogP contribution in [0.2, 0.25) is 0 Å². The van der Waals surface area contributed by atoms with Crippen LogP contribution in [0.15, 0.2) is 36.4 Å². The second kappa shape index (κ2) is 6.46. The first kappa shape index (κ1) is 17.7. The van der Waals surface area contributed by atoms with Gasteiger partial charge in [-0.15, -0.1) is 0 Å². The van der Waals surface area contributed by atoms with Gasteiger partial charge in [-0.3, -0.25) is 0 Å². The van der Waals surface area contributed by atoms with Gasteiger partial charge in [0.15, 0.2) is 0 Å². The summed E-state index contributed by atoms with van der Waals surface area (Å²) in [6, 6.07) is 11.7. The van der Waals surface area contributed by atoms with Crippen molar-refractivity contribution < 1.29 is 14.9 Å². The average molecular weight is 363 g/mol. The minimum Gasteiger partial charge on any atom is -0.508 e. The van der Waals surface area contributed by atoms with E-state index in [1.807, 2.05) is 24.3 Å². The monoisotopic (exact) mass is 363 g/mol. The molecule has 1 aliphatic heterocycles. The Morgan fingerprint density at radius 2 is 1.85 bits per heavy atom. The highest BCUT2D eigenvalue weighted by atomic mass is 16.5. The number of aromatic hydroxyl groups is 2. The highest BCUT2D eigenvalue weighted by molar-refractivity contribution is 6.05.